The van der Waals surface area contributed by atoms with Gasteiger partial charge in [0.05, 0.1) is 17.0 Å². The summed E-state index contributed by atoms with van der Waals surface area (Å²) < 4.78 is 0.431. The van der Waals surface area contributed by atoms with Crippen LogP contribution in [0.3, 0.4) is 0 Å². The van der Waals surface area contributed by atoms with Gasteiger partial charge in [0.25, 0.3) is 0 Å². The number of nitrogens with one attached hydrogen (secondary N) is 1. The zero-order valence-electron chi connectivity index (χ0n) is 17.3. The second kappa shape index (κ2) is 8.40. The van der Waals surface area contributed by atoms with Gasteiger partial charge in [0.2, 0.25) is 11.8 Å². The van der Waals surface area contributed by atoms with Crippen LogP contribution in [0.5, 0.6) is 0 Å². The van der Waals surface area contributed by atoms with Crippen LogP contribution in [0.2, 0.25) is 0 Å². The summed E-state index contributed by atoms with van der Waals surface area (Å²) in [5.41, 5.74) is 3.91. The zero-order valence-corrected chi connectivity index (χ0v) is 18.9. The van der Waals surface area contributed by atoms with Crippen molar-refractivity contribution in [3.05, 3.63) is 42.0 Å². The van der Waals surface area contributed by atoms with E-state index in [-0.39, 0.29) is 29.0 Å². The lowest BCUT2D eigenvalue weighted by Gasteiger charge is -2.47. The number of piperidine rings is 1. The average Bonchev–Trinajstić information content (AvgIpc) is 2.89. The standard InChI is InChI=1S/C22H27N3O2S2/c1-15(10-11-16-8-6-5-7-9-16)23-24-20(28)29-14-25-18(26)17-12-13-22(4,19(25)27)21(17,2)3/h5-11,17H,12-14H2,1-4H3,(H,24,28). The van der Waals surface area contributed by atoms with Crippen LogP contribution in [-0.4, -0.2) is 32.6 Å². The highest BCUT2D eigenvalue weighted by atomic mass is 32.2. The number of hydrogen-bond donors (Lipinski definition) is 1. The van der Waals surface area contributed by atoms with Gasteiger partial charge >= 0.3 is 0 Å². The molecule has 154 valence electrons. The van der Waals surface area contributed by atoms with Gasteiger partial charge in [-0.05, 0) is 36.8 Å². The second-order valence-corrected chi connectivity index (χ2v) is 10.0. The summed E-state index contributed by atoms with van der Waals surface area (Å²) in [6.45, 7) is 7.94. The first-order valence-corrected chi connectivity index (χ1v) is 11.1. The van der Waals surface area contributed by atoms with Crippen molar-refractivity contribution < 1.29 is 9.59 Å². The lowest BCUT2D eigenvalue weighted by atomic mass is 9.62. The van der Waals surface area contributed by atoms with Crippen LogP contribution in [0.25, 0.3) is 6.08 Å². The first-order chi connectivity index (χ1) is 13.7. The summed E-state index contributed by atoms with van der Waals surface area (Å²) >= 11 is 6.57. The highest BCUT2D eigenvalue weighted by Gasteiger charge is 2.64. The molecule has 1 heterocycles. The molecule has 1 aliphatic carbocycles. The maximum absolute atomic E-state index is 13.0. The smallest absolute Gasteiger partial charge is 0.236 e. The van der Waals surface area contributed by atoms with E-state index in [0.29, 0.717) is 4.32 Å². The van der Waals surface area contributed by atoms with E-state index < -0.39 is 5.41 Å². The first-order valence-electron chi connectivity index (χ1n) is 9.73. The maximum atomic E-state index is 13.0. The monoisotopic (exact) mass is 429 g/mol. The summed E-state index contributed by atoms with van der Waals surface area (Å²) in [7, 11) is 0. The minimum absolute atomic E-state index is 0.0734. The SMILES string of the molecule is CC(C=Cc1ccccc1)=NNC(=S)SCN1C(=O)C2CCC(C)(C1=O)C2(C)C. The number of likely N-dealkylation sites (tertiary alicyclic amines) is 1. The Labute approximate surface area is 182 Å². The van der Waals surface area contributed by atoms with Crippen molar-refractivity contribution >= 4 is 51.9 Å². The molecular formula is C22H27N3O2S2. The number of hydrazone groups is 1. The van der Waals surface area contributed by atoms with E-state index in [1.165, 1.54) is 16.7 Å². The van der Waals surface area contributed by atoms with Gasteiger partial charge in [-0.1, -0.05) is 81.2 Å². The molecule has 3 rings (SSSR count). The molecule has 0 aromatic heterocycles. The molecule has 2 unspecified atom stereocenters. The Bertz CT molecular complexity index is 879. The number of amides is 2. The normalized spacial score (nSPS) is 26.3. The quantitative estimate of drug-likeness (QED) is 0.324. The fourth-order valence-electron chi connectivity index (χ4n) is 4.13. The third-order valence-corrected chi connectivity index (χ3v) is 7.66. The van der Waals surface area contributed by atoms with E-state index in [1.54, 1.807) is 0 Å². The number of benzene rings is 1. The molecule has 2 aliphatic rings. The van der Waals surface area contributed by atoms with E-state index in [1.807, 2.05) is 70.2 Å². The van der Waals surface area contributed by atoms with E-state index in [4.69, 9.17) is 12.2 Å². The number of thioether (sulfide) groups is 1. The van der Waals surface area contributed by atoms with Crippen LogP contribution in [0.1, 0.15) is 46.1 Å². The van der Waals surface area contributed by atoms with Crippen LogP contribution in [0.15, 0.2) is 41.5 Å². The van der Waals surface area contributed by atoms with Gasteiger partial charge in [0, 0.05) is 5.92 Å². The van der Waals surface area contributed by atoms with Gasteiger partial charge in [-0.25, -0.2) is 0 Å². The van der Waals surface area contributed by atoms with E-state index in [2.05, 4.69) is 10.5 Å². The Morgan fingerprint density at radius 3 is 2.69 bits per heavy atom. The number of imide groups is 1. The van der Waals surface area contributed by atoms with Gasteiger partial charge < -0.3 is 0 Å². The van der Waals surface area contributed by atoms with E-state index in [0.717, 1.165) is 24.1 Å². The molecule has 1 saturated carbocycles. The molecule has 2 bridgehead atoms. The lowest BCUT2D eigenvalue weighted by molar-refractivity contribution is -0.166. The summed E-state index contributed by atoms with van der Waals surface area (Å²) in [5, 5.41) is 4.25. The van der Waals surface area contributed by atoms with Crippen molar-refractivity contribution in [2.45, 2.75) is 40.5 Å². The van der Waals surface area contributed by atoms with E-state index in [9.17, 15) is 9.59 Å². The summed E-state index contributed by atoms with van der Waals surface area (Å²) in [5.74, 6) is -0.0337. The third-order valence-electron chi connectivity index (χ3n) is 6.47. The molecule has 7 heteroatoms. The maximum Gasteiger partial charge on any atom is 0.236 e. The van der Waals surface area contributed by atoms with Gasteiger partial charge in [-0.3, -0.25) is 19.9 Å². The number of rotatable bonds is 5. The number of carbonyl (C=O) groups is 2. The molecule has 0 radical (unpaired) electrons. The molecule has 0 spiro atoms. The number of thiocarbonyl (C=S) groups is 1. The van der Waals surface area contributed by atoms with Crippen LogP contribution >= 0.6 is 24.0 Å². The Hall–Kier alpha value is -1.99. The molecule has 2 fully saturated rings. The Balaban J connectivity index is 1.55. The number of nitrogens with zero attached hydrogens (tertiary/aromatic N) is 2. The van der Waals surface area contributed by atoms with Crippen molar-refractivity contribution in [1.82, 2.24) is 10.3 Å². The number of fused-ring (bicyclic) bond motifs is 2. The molecule has 5 nitrogen and oxygen atoms in total. The van der Waals surface area contributed by atoms with Gasteiger partial charge in [0.1, 0.15) is 0 Å². The second-order valence-electron chi connectivity index (χ2n) is 8.39. The van der Waals surface area contributed by atoms with Gasteiger partial charge in [-0.15, -0.1) is 0 Å². The number of hydrogen-bond acceptors (Lipinski definition) is 5. The molecule has 2 atom stereocenters. The molecule has 2 amide bonds. The minimum Gasteiger partial charge on any atom is -0.274 e. The molecule has 1 saturated heterocycles. The summed E-state index contributed by atoms with van der Waals surface area (Å²) in [6, 6.07) is 9.96. The molecule has 29 heavy (non-hydrogen) atoms. The predicted molar refractivity (Wildman–Crippen MR) is 123 cm³/mol. The Morgan fingerprint density at radius 1 is 1.31 bits per heavy atom. The average molecular weight is 430 g/mol. The van der Waals surface area contributed by atoms with Crippen LogP contribution in [-0.2, 0) is 9.59 Å². The third kappa shape index (κ3) is 4.16. The highest BCUT2D eigenvalue weighted by Crippen LogP contribution is 2.60. The van der Waals surface area contributed by atoms with Crippen molar-refractivity contribution in [3.63, 3.8) is 0 Å². The fourth-order valence-corrected chi connectivity index (χ4v) is 4.94. The summed E-state index contributed by atoms with van der Waals surface area (Å²) in [4.78, 5) is 27.2. The van der Waals surface area contributed by atoms with Crippen LogP contribution in [0, 0.1) is 16.7 Å². The zero-order chi connectivity index (χ0) is 21.2. The first kappa shape index (κ1) is 21.7. The van der Waals surface area contributed by atoms with Crippen molar-refractivity contribution in [1.29, 1.82) is 0 Å². The highest BCUT2D eigenvalue weighted by molar-refractivity contribution is 8.22. The minimum atomic E-state index is -0.488. The predicted octanol–water partition coefficient (Wildman–Crippen LogP) is 4.45. The molecule has 1 aromatic carbocycles. The molecule has 1 N–H and O–H groups in total. The van der Waals surface area contributed by atoms with Crippen molar-refractivity contribution in [3.8, 4) is 0 Å². The van der Waals surface area contributed by atoms with Crippen LogP contribution < -0.4 is 5.43 Å². The van der Waals surface area contributed by atoms with E-state index >= 15 is 0 Å². The molecule has 1 aliphatic heterocycles. The Morgan fingerprint density at radius 2 is 2.00 bits per heavy atom. The van der Waals surface area contributed by atoms with Gasteiger partial charge in [0.15, 0.2) is 4.32 Å². The number of allylic oxidation sites excluding steroid dienone is 1. The van der Waals surface area contributed by atoms with Crippen molar-refractivity contribution in [2.24, 2.45) is 21.8 Å². The largest absolute Gasteiger partial charge is 0.274 e. The molecule has 1 aromatic rings. The van der Waals surface area contributed by atoms with Crippen molar-refractivity contribution in [2.75, 3.05) is 5.88 Å². The topological polar surface area (TPSA) is 61.8 Å². The van der Waals surface area contributed by atoms with Crippen LogP contribution in [0.4, 0.5) is 0 Å². The lowest BCUT2D eigenvalue weighted by Crippen LogP contribution is -2.58. The fraction of sp³-hybridized carbons (Fsp3) is 0.455. The Kier molecular flexibility index (Phi) is 6.29. The summed E-state index contributed by atoms with van der Waals surface area (Å²) in [6.07, 6.45) is 5.40. The number of carbonyl (C=O) groups excluding carboxylic acids is 2. The van der Waals surface area contributed by atoms with Gasteiger partial charge in [-0.2, -0.15) is 5.10 Å². The molecular weight excluding hydrogens is 402 g/mol.